The molecule has 0 aromatic heterocycles. The number of carbonyl (C=O) groups is 1. The zero-order valence-electron chi connectivity index (χ0n) is 20.5. The summed E-state index contributed by atoms with van der Waals surface area (Å²) in [6.45, 7) is 12.1. The standard InChI is InChI=1S/C27H45IO3/c1-17(2)7-6-8-18(3)21-11-12-22-20-10-9-19(29)15-24(28)25-16-27(5,31-30-25)23(20)13-14-26(21,22)4/h17-18,20-25H,6-16H2,1-5H3/t18-,20+,21-,22+,23+,24-,25-,26-,27-/m1/s1. The molecule has 0 aromatic rings. The fraction of sp³-hybridized carbons (Fsp3) is 0.963. The molecule has 0 amide bonds. The minimum absolute atomic E-state index is 0.0684. The number of alkyl halides is 1. The van der Waals surface area contributed by atoms with Gasteiger partial charge >= 0.3 is 0 Å². The molecule has 2 bridgehead atoms. The van der Waals surface area contributed by atoms with Gasteiger partial charge < -0.3 is 0 Å². The summed E-state index contributed by atoms with van der Waals surface area (Å²) in [6, 6.07) is 0. The van der Waals surface area contributed by atoms with Crippen LogP contribution in [-0.4, -0.2) is 21.4 Å². The van der Waals surface area contributed by atoms with Crippen molar-refractivity contribution in [1.82, 2.24) is 0 Å². The van der Waals surface area contributed by atoms with Gasteiger partial charge in [0, 0.05) is 23.2 Å². The van der Waals surface area contributed by atoms with E-state index in [1.807, 2.05) is 0 Å². The van der Waals surface area contributed by atoms with Crippen LogP contribution in [0, 0.1) is 40.9 Å². The number of halogens is 1. The first-order valence-corrected chi connectivity index (χ1v) is 14.4. The monoisotopic (exact) mass is 544 g/mol. The minimum Gasteiger partial charge on any atom is -0.300 e. The lowest BCUT2D eigenvalue weighted by Crippen LogP contribution is -2.50. The Bertz CT molecular complexity index is 650. The predicted octanol–water partition coefficient (Wildman–Crippen LogP) is 7.54. The van der Waals surface area contributed by atoms with Gasteiger partial charge in [-0.25, -0.2) is 9.78 Å². The molecule has 0 spiro atoms. The smallest absolute Gasteiger partial charge is 0.134 e. The Labute approximate surface area is 204 Å². The minimum atomic E-state index is -0.179. The first-order valence-electron chi connectivity index (χ1n) is 13.1. The van der Waals surface area contributed by atoms with E-state index in [0.29, 0.717) is 29.5 Å². The zero-order valence-corrected chi connectivity index (χ0v) is 22.7. The first kappa shape index (κ1) is 24.4. The molecule has 178 valence electrons. The van der Waals surface area contributed by atoms with Crippen LogP contribution in [0.4, 0.5) is 0 Å². The molecule has 3 aliphatic carbocycles. The molecule has 1 aliphatic heterocycles. The third-order valence-corrected chi connectivity index (χ3v) is 11.2. The molecule has 3 nitrogen and oxygen atoms in total. The lowest BCUT2D eigenvalue weighted by atomic mass is 9.52. The molecule has 0 aromatic carbocycles. The van der Waals surface area contributed by atoms with E-state index in [-0.39, 0.29) is 15.6 Å². The molecule has 0 radical (unpaired) electrons. The highest BCUT2D eigenvalue weighted by Gasteiger charge is 2.59. The number of carbonyl (C=O) groups excluding carboxylic acids is 1. The zero-order chi connectivity index (χ0) is 22.4. The molecule has 0 N–H and O–H groups in total. The van der Waals surface area contributed by atoms with Crippen molar-refractivity contribution in [2.45, 2.75) is 121 Å². The van der Waals surface area contributed by atoms with Gasteiger partial charge in [-0.1, -0.05) is 69.5 Å². The van der Waals surface area contributed by atoms with Gasteiger partial charge in [0.25, 0.3) is 0 Å². The second-order valence-electron chi connectivity index (χ2n) is 12.4. The van der Waals surface area contributed by atoms with Crippen molar-refractivity contribution < 1.29 is 14.6 Å². The summed E-state index contributed by atoms with van der Waals surface area (Å²) in [6.07, 6.45) is 12.9. The summed E-state index contributed by atoms with van der Waals surface area (Å²) in [7, 11) is 0. The van der Waals surface area contributed by atoms with Gasteiger partial charge in [0.05, 0.1) is 0 Å². The highest BCUT2D eigenvalue weighted by Crippen LogP contribution is 2.64. The fourth-order valence-electron chi connectivity index (χ4n) is 8.29. The normalized spacial score (nSPS) is 46.6. The molecule has 31 heavy (non-hydrogen) atoms. The van der Waals surface area contributed by atoms with Crippen LogP contribution in [0.2, 0.25) is 0 Å². The fourth-order valence-corrected chi connectivity index (χ4v) is 9.16. The summed E-state index contributed by atoms with van der Waals surface area (Å²) in [5.74, 6) is 4.78. The Morgan fingerprint density at radius 2 is 1.84 bits per heavy atom. The molecule has 9 atom stereocenters. The van der Waals surface area contributed by atoms with Crippen LogP contribution in [-0.2, 0) is 14.6 Å². The van der Waals surface area contributed by atoms with E-state index >= 15 is 0 Å². The van der Waals surface area contributed by atoms with E-state index < -0.39 is 0 Å². The maximum Gasteiger partial charge on any atom is 0.134 e. The van der Waals surface area contributed by atoms with Crippen LogP contribution in [0.3, 0.4) is 0 Å². The molecule has 1 saturated heterocycles. The predicted molar refractivity (Wildman–Crippen MR) is 134 cm³/mol. The molecule has 4 heteroatoms. The highest BCUT2D eigenvalue weighted by molar-refractivity contribution is 14.1. The lowest BCUT2D eigenvalue weighted by Gasteiger charge is -2.53. The van der Waals surface area contributed by atoms with E-state index in [4.69, 9.17) is 9.78 Å². The van der Waals surface area contributed by atoms with Crippen LogP contribution in [0.5, 0.6) is 0 Å². The molecule has 4 aliphatic rings. The molecule has 4 fully saturated rings. The lowest BCUT2D eigenvalue weighted by molar-refractivity contribution is -0.338. The summed E-state index contributed by atoms with van der Waals surface area (Å²) in [5.41, 5.74) is 0.258. The van der Waals surface area contributed by atoms with Gasteiger partial charge in [0.2, 0.25) is 0 Å². The molecule has 3 saturated carbocycles. The number of Topliss-reactive ketones (excluding diaryl/α,β-unsaturated/α-hetero) is 1. The molecule has 1 heterocycles. The second kappa shape index (κ2) is 9.52. The highest BCUT2D eigenvalue weighted by atomic mass is 127. The summed E-state index contributed by atoms with van der Waals surface area (Å²) in [4.78, 5) is 24.7. The molecule has 4 rings (SSSR count). The van der Waals surface area contributed by atoms with E-state index in [0.717, 1.165) is 42.9 Å². The summed E-state index contributed by atoms with van der Waals surface area (Å²) >= 11 is 2.41. The van der Waals surface area contributed by atoms with Crippen molar-refractivity contribution in [2.75, 3.05) is 0 Å². The van der Waals surface area contributed by atoms with Crippen LogP contribution < -0.4 is 0 Å². The second-order valence-corrected chi connectivity index (χ2v) is 14.0. The van der Waals surface area contributed by atoms with Crippen LogP contribution in [0.15, 0.2) is 0 Å². The van der Waals surface area contributed by atoms with E-state index in [9.17, 15) is 4.79 Å². The molecular formula is C27H45IO3. The SMILES string of the molecule is CC(C)CCC[C@@H](C)[C@H]1CC[C@H]2[C@@H]3CCC(=O)C[C@@H](I)[C@H]4C[C@@](C)(OO4)[C@H]3CC[C@]12C. The van der Waals surface area contributed by atoms with Crippen molar-refractivity contribution in [3.05, 3.63) is 0 Å². The Morgan fingerprint density at radius 3 is 2.58 bits per heavy atom. The maximum atomic E-state index is 12.8. The van der Waals surface area contributed by atoms with Gasteiger partial charge in [-0.15, -0.1) is 0 Å². The number of fused-ring (bicyclic) bond motifs is 6. The molecular weight excluding hydrogens is 499 g/mol. The maximum absolute atomic E-state index is 12.8. The quantitative estimate of drug-likeness (QED) is 0.204. The molecule has 0 unspecified atom stereocenters. The number of rotatable bonds is 5. The first-order chi connectivity index (χ1) is 14.6. The Balaban J connectivity index is 1.53. The Hall–Kier alpha value is 0.320. The average Bonchev–Trinajstić information content (AvgIpc) is 3.26. The van der Waals surface area contributed by atoms with Crippen molar-refractivity contribution >= 4 is 28.4 Å². The van der Waals surface area contributed by atoms with Crippen LogP contribution in [0.25, 0.3) is 0 Å². The van der Waals surface area contributed by atoms with Gasteiger partial charge in [-0.2, -0.15) is 0 Å². The van der Waals surface area contributed by atoms with Crippen molar-refractivity contribution in [3.63, 3.8) is 0 Å². The van der Waals surface area contributed by atoms with Crippen LogP contribution in [0.1, 0.15) is 105 Å². The van der Waals surface area contributed by atoms with E-state index in [1.54, 1.807) is 0 Å². The Morgan fingerprint density at radius 1 is 1.06 bits per heavy atom. The van der Waals surface area contributed by atoms with Crippen molar-refractivity contribution in [1.29, 1.82) is 0 Å². The third-order valence-electron chi connectivity index (χ3n) is 9.97. The number of ketones is 1. The van der Waals surface area contributed by atoms with Gasteiger partial charge in [-0.05, 0) is 80.0 Å². The number of hydrogen-bond acceptors (Lipinski definition) is 3. The summed E-state index contributed by atoms with van der Waals surface area (Å²) in [5, 5.41) is 0. The summed E-state index contributed by atoms with van der Waals surface area (Å²) < 4.78 is 0.236. The van der Waals surface area contributed by atoms with Gasteiger partial charge in [0.1, 0.15) is 17.5 Å². The van der Waals surface area contributed by atoms with Gasteiger partial charge in [-0.3, -0.25) is 4.79 Å². The third kappa shape index (κ3) is 4.78. The number of hydrogen-bond donors (Lipinski definition) is 0. The van der Waals surface area contributed by atoms with E-state index in [1.165, 1.54) is 44.9 Å². The average molecular weight is 545 g/mol. The van der Waals surface area contributed by atoms with Gasteiger partial charge in [0.15, 0.2) is 0 Å². The van der Waals surface area contributed by atoms with Crippen molar-refractivity contribution in [2.24, 2.45) is 40.9 Å². The van der Waals surface area contributed by atoms with E-state index in [2.05, 4.69) is 57.2 Å². The van der Waals surface area contributed by atoms with Crippen molar-refractivity contribution in [3.8, 4) is 0 Å². The largest absolute Gasteiger partial charge is 0.300 e. The topological polar surface area (TPSA) is 35.5 Å². The Kier molecular flexibility index (Phi) is 7.51. The van der Waals surface area contributed by atoms with Crippen LogP contribution >= 0.6 is 22.6 Å².